The van der Waals surface area contributed by atoms with Crippen LogP contribution < -0.4 is 10.1 Å². The van der Waals surface area contributed by atoms with E-state index in [-0.39, 0.29) is 11.7 Å². The quantitative estimate of drug-likeness (QED) is 0.395. The molecule has 1 N–H and O–H groups in total. The van der Waals surface area contributed by atoms with Gasteiger partial charge in [-0.1, -0.05) is 17.8 Å². The van der Waals surface area contributed by atoms with E-state index in [4.69, 9.17) is 9.15 Å². The highest BCUT2D eigenvalue weighted by molar-refractivity contribution is 7.99. The molecule has 4 aromatic rings. The molecule has 31 heavy (non-hydrogen) atoms. The normalized spacial score (nSPS) is 10.7. The molecular formula is C22H21N5O3S. The highest BCUT2D eigenvalue weighted by Crippen LogP contribution is 2.24. The van der Waals surface area contributed by atoms with Crippen LogP contribution in [0.25, 0.3) is 11.5 Å². The first kappa shape index (κ1) is 20.7. The van der Waals surface area contributed by atoms with Crippen molar-refractivity contribution in [1.82, 2.24) is 19.7 Å². The van der Waals surface area contributed by atoms with Crippen LogP contribution in [0.3, 0.4) is 0 Å². The van der Waals surface area contributed by atoms with Gasteiger partial charge in [-0.2, -0.15) is 0 Å². The topological polar surface area (TPSA) is 95.1 Å². The van der Waals surface area contributed by atoms with Crippen molar-refractivity contribution in [2.75, 3.05) is 17.7 Å². The van der Waals surface area contributed by atoms with Crippen molar-refractivity contribution in [3.05, 3.63) is 72.8 Å². The molecule has 0 saturated carbocycles. The van der Waals surface area contributed by atoms with Crippen molar-refractivity contribution in [2.24, 2.45) is 0 Å². The van der Waals surface area contributed by atoms with Gasteiger partial charge in [0.25, 0.3) is 0 Å². The zero-order valence-electron chi connectivity index (χ0n) is 16.9. The molecule has 158 valence electrons. The fourth-order valence-electron chi connectivity index (χ4n) is 2.91. The van der Waals surface area contributed by atoms with Gasteiger partial charge in [0.05, 0.1) is 25.2 Å². The third-order valence-electron chi connectivity index (χ3n) is 4.29. The molecule has 3 heterocycles. The Balaban J connectivity index is 1.46. The lowest BCUT2D eigenvalue weighted by atomic mass is 10.3. The monoisotopic (exact) mass is 435 g/mol. The Bertz CT molecular complexity index is 1110. The maximum atomic E-state index is 12.4. The summed E-state index contributed by atoms with van der Waals surface area (Å²) in [5, 5.41) is 12.1. The number of nitrogens with one attached hydrogen (secondary N) is 1. The van der Waals surface area contributed by atoms with E-state index in [1.165, 1.54) is 11.8 Å². The molecule has 4 rings (SSSR count). The van der Waals surface area contributed by atoms with Crippen LogP contribution in [0.15, 0.2) is 76.6 Å². The van der Waals surface area contributed by atoms with E-state index >= 15 is 0 Å². The third-order valence-corrected chi connectivity index (χ3v) is 5.25. The number of aromatic nitrogens is 4. The lowest BCUT2D eigenvalue weighted by Gasteiger charge is -2.09. The molecular weight excluding hydrogens is 414 g/mol. The second kappa shape index (κ2) is 9.94. The van der Waals surface area contributed by atoms with Gasteiger partial charge < -0.3 is 14.5 Å². The first-order valence-electron chi connectivity index (χ1n) is 9.75. The second-order valence-electron chi connectivity index (χ2n) is 6.48. The first-order chi connectivity index (χ1) is 15.2. The number of amides is 1. The first-order valence-corrected chi connectivity index (χ1v) is 10.7. The third kappa shape index (κ3) is 5.32. The summed E-state index contributed by atoms with van der Waals surface area (Å²) in [4.78, 5) is 16.8. The van der Waals surface area contributed by atoms with E-state index in [0.717, 1.165) is 11.5 Å². The number of nitrogens with zero attached hydrogens (tertiary/aromatic N) is 4. The lowest BCUT2D eigenvalue weighted by molar-refractivity contribution is -0.113. The van der Waals surface area contributed by atoms with Crippen LogP contribution in [-0.4, -0.2) is 38.0 Å². The zero-order valence-corrected chi connectivity index (χ0v) is 17.7. The minimum Gasteiger partial charge on any atom is -0.494 e. The number of thioether (sulfide) groups is 1. The fourth-order valence-corrected chi connectivity index (χ4v) is 3.65. The SMILES string of the molecule is CCOc1ccc(NC(=O)CSc2nnc(-c3ccccn3)n2Cc2ccco2)cc1. The van der Waals surface area contributed by atoms with Crippen molar-refractivity contribution >= 4 is 23.4 Å². The van der Waals surface area contributed by atoms with Crippen molar-refractivity contribution in [2.45, 2.75) is 18.6 Å². The Kier molecular flexibility index (Phi) is 6.63. The van der Waals surface area contributed by atoms with Crippen molar-refractivity contribution in [1.29, 1.82) is 0 Å². The molecule has 0 unspecified atom stereocenters. The van der Waals surface area contributed by atoms with E-state index in [1.807, 2.05) is 66.1 Å². The average molecular weight is 436 g/mol. The summed E-state index contributed by atoms with van der Waals surface area (Å²) in [6, 6.07) is 16.6. The van der Waals surface area contributed by atoms with Gasteiger partial charge in [-0.3, -0.25) is 14.3 Å². The maximum absolute atomic E-state index is 12.4. The summed E-state index contributed by atoms with van der Waals surface area (Å²) in [7, 11) is 0. The van der Waals surface area contributed by atoms with Gasteiger partial charge in [-0.15, -0.1) is 10.2 Å². The molecule has 0 bridgehead atoms. The van der Waals surface area contributed by atoms with Crippen molar-refractivity contribution < 1.29 is 13.9 Å². The summed E-state index contributed by atoms with van der Waals surface area (Å²) in [6.07, 6.45) is 3.33. The number of anilines is 1. The van der Waals surface area contributed by atoms with Crippen molar-refractivity contribution in [3.63, 3.8) is 0 Å². The number of carbonyl (C=O) groups excluding carboxylic acids is 1. The number of ether oxygens (including phenoxy) is 1. The van der Waals surface area contributed by atoms with Gasteiger partial charge in [-0.25, -0.2) is 0 Å². The van der Waals surface area contributed by atoms with Gasteiger partial charge in [0, 0.05) is 11.9 Å². The van der Waals surface area contributed by atoms with Gasteiger partial charge in [0.1, 0.15) is 17.2 Å². The van der Waals surface area contributed by atoms with E-state index < -0.39 is 0 Å². The summed E-state index contributed by atoms with van der Waals surface area (Å²) in [5.41, 5.74) is 1.41. The predicted molar refractivity (Wildman–Crippen MR) is 118 cm³/mol. The van der Waals surface area contributed by atoms with Crippen LogP contribution >= 0.6 is 11.8 Å². The van der Waals surface area contributed by atoms with Crippen LogP contribution in [0.5, 0.6) is 5.75 Å². The van der Waals surface area contributed by atoms with Gasteiger partial charge >= 0.3 is 0 Å². The summed E-state index contributed by atoms with van der Waals surface area (Å²) in [6.45, 7) is 2.97. The second-order valence-corrected chi connectivity index (χ2v) is 7.42. The van der Waals surface area contributed by atoms with E-state index in [9.17, 15) is 4.79 Å². The van der Waals surface area contributed by atoms with E-state index in [1.54, 1.807) is 12.5 Å². The standard InChI is InChI=1S/C22H21N5O3S/c1-2-29-17-10-8-16(9-11-17)24-20(28)15-31-22-26-25-21(19-7-3-4-12-23-19)27(22)14-18-6-5-13-30-18/h3-13H,2,14-15H2,1H3,(H,24,28). The predicted octanol–water partition coefficient (Wildman–Crippen LogP) is 4.11. The summed E-state index contributed by atoms with van der Waals surface area (Å²) in [5.74, 6) is 2.19. The molecule has 0 spiro atoms. The summed E-state index contributed by atoms with van der Waals surface area (Å²) >= 11 is 1.31. The Morgan fingerprint density at radius 3 is 2.71 bits per heavy atom. The number of benzene rings is 1. The van der Waals surface area contributed by atoms with Crippen LogP contribution in [-0.2, 0) is 11.3 Å². The lowest BCUT2D eigenvalue weighted by Crippen LogP contribution is -2.14. The number of rotatable bonds is 9. The van der Waals surface area contributed by atoms with Gasteiger partial charge in [0.15, 0.2) is 11.0 Å². The van der Waals surface area contributed by atoms with Crippen LogP contribution in [0.2, 0.25) is 0 Å². The molecule has 3 aromatic heterocycles. The number of hydrogen-bond acceptors (Lipinski definition) is 7. The molecule has 0 aliphatic rings. The maximum Gasteiger partial charge on any atom is 0.234 e. The molecule has 0 aliphatic heterocycles. The molecule has 0 radical (unpaired) electrons. The van der Waals surface area contributed by atoms with Crippen LogP contribution in [0, 0.1) is 0 Å². The Labute approximate surface area is 183 Å². The number of hydrogen-bond donors (Lipinski definition) is 1. The van der Waals surface area contributed by atoms with E-state index in [0.29, 0.717) is 35.5 Å². The highest BCUT2D eigenvalue weighted by Gasteiger charge is 2.17. The van der Waals surface area contributed by atoms with Crippen molar-refractivity contribution in [3.8, 4) is 17.3 Å². The Hall–Kier alpha value is -3.59. The molecule has 0 atom stereocenters. The number of furan rings is 1. The highest BCUT2D eigenvalue weighted by atomic mass is 32.2. The number of pyridine rings is 1. The molecule has 8 nitrogen and oxygen atoms in total. The average Bonchev–Trinajstić information content (AvgIpc) is 3.45. The van der Waals surface area contributed by atoms with E-state index in [2.05, 4.69) is 20.5 Å². The molecule has 0 aliphatic carbocycles. The Morgan fingerprint density at radius 2 is 2.00 bits per heavy atom. The zero-order chi connectivity index (χ0) is 21.5. The largest absolute Gasteiger partial charge is 0.494 e. The molecule has 0 fully saturated rings. The molecule has 0 saturated heterocycles. The Morgan fingerprint density at radius 1 is 1.13 bits per heavy atom. The van der Waals surface area contributed by atoms with Gasteiger partial charge in [0.2, 0.25) is 5.91 Å². The minimum absolute atomic E-state index is 0.138. The van der Waals surface area contributed by atoms with Gasteiger partial charge in [-0.05, 0) is 55.5 Å². The minimum atomic E-state index is -0.138. The summed E-state index contributed by atoms with van der Waals surface area (Å²) < 4.78 is 12.8. The molecule has 1 aromatic carbocycles. The number of carbonyl (C=O) groups is 1. The smallest absolute Gasteiger partial charge is 0.234 e. The fraction of sp³-hybridized carbons (Fsp3) is 0.182. The molecule has 1 amide bonds. The van der Waals surface area contributed by atoms with Crippen LogP contribution in [0.1, 0.15) is 12.7 Å². The molecule has 9 heteroatoms. The van der Waals surface area contributed by atoms with Crippen LogP contribution in [0.4, 0.5) is 5.69 Å².